The first kappa shape index (κ1) is 16.7. The van der Waals surface area contributed by atoms with Crippen molar-refractivity contribution in [1.82, 2.24) is 19.7 Å². The summed E-state index contributed by atoms with van der Waals surface area (Å²) in [6.45, 7) is 5.58. The Balaban J connectivity index is 1.67. The van der Waals surface area contributed by atoms with Gasteiger partial charge in [0.2, 0.25) is 0 Å². The summed E-state index contributed by atoms with van der Waals surface area (Å²) in [4.78, 5) is 11.3. The van der Waals surface area contributed by atoms with E-state index in [1.54, 1.807) is 6.20 Å². The third kappa shape index (κ3) is 3.32. The van der Waals surface area contributed by atoms with Crippen molar-refractivity contribution in [3.8, 4) is 17.1 Å². The molecule has 134 valence electrons. The largest absolute Gasteiger partial charge is 0.391 e. The molecule has 1 aromatic carbocycles. The monoisotopic (exact) mass is 349 g/mol. The van der Waals surface area contributed by atoms with Crippen LogP contribution >= 0.6 is 0 Å². The molecule has 3 aromatic rings. The Morgan fingerprint density at radius 1 is 1.15 bits per heavy atom. The van der Waals surface area contributed by atoms with Crippen LogP contribution in [0.2, 0.25) is 0 Å². The van der Waals surface area contributed by atoms with Crippen LogP contribution < -0.4 is 4.90 Å². The van der Waals surface area contributed by atoms with Crippen molar-refractivity contribution in [3.05, 3.63) is 54.0 Å². The molecule has 4 rings (SSSR count). The molecular weight excluding hydrogens is 326 g/mol. The van der Waals surface area contributed by atoms with Gasteiger partial charge in [0.05, 0.1) is 17.5 Å². The van der Waals surface area contributed by atoms with Gasteiger partial charge in [-0.15, -0.1) is 0 Å². The van der Waals surface area contributed by atoms with Gasteiger partial charge >= 0.3 is 0 Å². The zero-order valence-electron chi connectivity index (χ0n) is 15.1. The van der Waals surface area contributed by atoms with Crippen LogP contribution in [0.15, 0.2) is 42.6 Å². The van der Waals surface area contributed by atoms with Gasteiger partial charge in [0, 0.05) is 30.5 Å². The van der Waals surface area contributed by atoms with E-state index >= 15 is 0 Å². The molecule has 1 saturated heterocycles. The topological polar surface area (TPSA) is 67.1 Å². The first-order valence-corrected chi connectivity index (χ1v) is 9.00. The standard InChI is InChI=1S/C20H23N5O/c1-14-11-15(2)25(23-14)17-6-3-5-16(12-17)20-21-9-8-19(22-20)24-10-4-7-18(26)13-24/h3,5-6,8-9,11-12,18,26H,4,7,10,13H2,1-2H3/t18-/m0/s1. The van der Waals surface area contributed by atoms with Crippen molar-refractivity contribution >= 4 is 5.82 Å². The Bertz CT molecular complexity index is 920. The van der Waals surface area contributed by atoms with E-state index in [-0.39, 0.29) is 6.10 Å². The normalized spacial score (nSPS) is 17.5. The smallest absolute Gasteiger partial charge is 0.161 e. The zero-order chi connectivity index (χ0) is 18.1. The fourth-order valence-electron chi connectivity index (χ4n) is 3.49. The molecule has 0 aliphatic carbocycles. The van der Waals surface area contributed by atoms with Gasteiger partial charge in [0.25, 0.3) is 0 Å². The molecule has 0 bridgehead atoms. The molecule has 0 radical (unpaired) electrons. The second-order valence-corrected chi connectivity index (χ2v) is 6.87. The number of hydrogen-bond donors (Lipinski definition) is 1. The van der Waals surface area contributed by atoms with E-state index in [2.05, 4.69) is 27.1 Å². The van der Waals surface area contributed by atoms with Crippen molar-refractivity contribution in [2.75, 3.05) is 18.0 Å². The fraction of sp³-hybridized carbons (Fsp3) is 0.350. The zero-order valence-corrected chi connectivity index (χ0v) is 15.1. The lowest BCUT2D eigenvalue weighted by Gasteiger charge is -2.31. The minimum absolute atomic E-state index is 0.281. The summed E-state index contributed by atoms with van der Waals surface area (Å²) < 4.78 is 1.93. The Kier molecular flexibility index (Phi) is 4.42. The van der Waals surface area contributed by atoms with Crippen molar-refractivity contribution < 1.29 is 5.11 Å². The van der Waals surface area contributed by atoms with Gasteiger partial charge in [-0.1, -0.05) is 12.1 Å². The maximum Gasteiger partial charge on any atom is 0.161 e. The molecule has 26 heavy (non-hydrogen) atoms. The number of piperidine rings is 1. The molecule has 2 aromatic heterocycles. The van der Waals surface area contributed by atoms with Crippen LogP contribution in [-0.4, -0.2) is 44.0 Å². The average molecular weight is 349 g/mol. The lowest BCUT2D eigenvalue weighted by Crippen LogP contribution is -2.38. The number of aromatic nitrogens is 4. The number of aryl methyl sites for hydroxylation is 2. The number of benzene rings is 1. The summed E-state index contributed by atoms with van der Waals surface area (Å²) in [5, 5.41) is 14.5. The summed E-state index contributed by atoms with van der Waals surface area (Å²) in [7, 11) is 0. The first-order chi connectivity index (χ1) is 12.6. The SMILES string of the molecule is Cc1cc(C)n(-c2cccc(-c3nccc(N4CCC[C@H](O)C4)n3)c2)n1. The first-order valence-electron chi connectivity index (χ1n) is 9.00. The van der Waals surface area contributed by atoms with Crippen molar-refractivity contribution in [2.45, 2.75) is 32.8 Å². The summed E-state index contributed by atoms with van der Waals surface area (Å²) in [5.41, 5.74) is 4.04. The molecule has 3 heterocycles. The molecule has 1 atom stereocenters. The van der Waals surface area contributed by atoms with Gasteiger partial charge in [0.15, 0.2) is 5.82 Å². The van der Waals surface area contributed by atoms with Crippen molar-refractivity contribution in [3.63, 3.8) is 0 Å². The number of β-amino-alcohol motifs (C(OH)–C–C–N with tert-alkyl or cyclic N) is 1. The van der Waals surface area contributed by atoms with Crippen LogP contribution in [0.5, 0.6) is 0 Å². The predicted molar refractivity (Wildman–Crippen MR) is 102 cm³/mol. The quantitative estimate of drug-likeness (QED) is 0.787. The van der Waals surface area contributed by atoms with E-state index in [9.17, 15) is 5.11 Å². The van der Waals surface area contributed by atoms with E-state index in [0.717, 1.165) is 47.8 Å². The molecule has 0 saturated carbocycles. The summed E-state index contributed by atoms with van der Waals surface area (Å²) in [6, 6.07) is 12.1. The van der Waals surface area contributed by atoms with Gasteiger partial charge in [-0.3, -0.25) is 0 Å². The van der Waals surface area contributed by atoms with Crippen molar-refractivity contribution in [2.24, 2.45) is 0 Å². The van der Waals surface area contributed by atoms with Gasteiger partial charge in [-0.2, -0.15) is 5.10 Å². The highest BCUT2D eigenvalue weighted by Crippen LogP contribution is 2.23. The molecular formula is C20H23N5O. The van der Waals surface area contributed by atoms with E-state index in [4.69, 9.17) is 4.98 Å². The molecule has 0 spiro atoms. The molecule has 1 N–H and O–H groups in total. The highest BCUT2D eigenvalue weighted by atomic mass is 16.3. The average Bonchev–Trinajstić information content (AvgIpc) is 3.00. The van der Waals surface area contributed by atoms with Crippen LogP contribution in [0, 0.1) is 13.8 Å². The summed E-state index contributed by atoms with van der Waals surface area (Å²) in [5.74, 6) is 1.55. The molecule has 1 aliphatic heterocycles. The van der Waals surface area contributed by atoms with Gasteiger partial charge in [-0.05, 0) is 51.0 Å². The summed E-state index contributed by atoms with van der Waals surface area (Å²) >= 11 is 0. The second kappa shape index (κ2) is 6.88. The molecule has 1 fully saturated rings. The Labute approximate surface area is 153 Å². The van der Waals surface area contributed by atoms with E-state index in [0.29, 0.717) is 12.4 Å². The van der Waals surface area contributed by atoms with Crippen LogP contribution in [-0.2, 0) is 0 Å². The predicted octanol–water partition coefficient (Wildman–Crippen LogP) is 2.91. The fourth-order valence-corrected chi connectivity index (χ4v) is 3.49. The van der Waals surface area contributed by atoms with Gasteiger partial charge < -0.3 is 10.0 Å². The van der Waals surface area contributed by atoms with Crippen LogP contribution in [0.4, 0.5) is 5.82 Å². The third-order valence-electron chi connectivity index (χ3n) is 4.72. The van der Waals surface area contributed by atoms with E-state index in [1.165, 1.54) is 0 Å². The lowest BCUT2D eigenvalue weighted by atomic mass is 10.1. The third-order valence-corrected chi connectivity index (χ3v) is 4.72. The second-order valence-electron chi connectivity index (χ2n) is 6.87. The number of rotatable bonds is 3. The molecule has 6 nitrogen and oxygen atoms in total. The van der Waals surface area contributed by atoms with E-state index < -0.39 is 0 Å². The van der Waals surface area contributed by atoms with Crippen molar-refractivity contribution in [1.29, 1.82) is 0 Å². The van der Waals surface area contributed by atoms with Crippen LogP contribution in [0.3, 0.4) is 0 Å². The highest BCUT2D eigenvalue weighted by molar-refractivity contribution is 5.60. The van der Waals surface area contributed by atoms with Gasteiger partial charge in [-0.25, -0.2) is 14.6 Å². The number of aliphatic hydroxyl groups is 1. The lowest BCUT2D eigenvalue weighted by molar-refractivity contribution is 0.154. The number of aliphatic hydroxyl groups excluding tert-OH is 1. The minimum Gasteiger partial charge on any atom is -0.391 e. The number of hydrogen-bond acceptors (Lipinski definition) is 5. The molecule has 0 unspecified atom stereocenters. The number of nitrogens with zero attached hydrogens (tertiary/aromatic N) is 5. The molecule has 1 aliphatic rings. The number of anilines is 1. The molecule has 0 amide bonds. The Morgan fingerprint density at radius 3 is 2.81 bits per heavy atom. The molecule has 6 heteroatoms. The maximum atomic E-state index is 9.92. The van der Waals surface area contributed by atoms with Crippen LogP contribution in [0.1, 0.15) is 24.2 Å². The Morgan fingerprint density at radius 2 is 2.04 bits per heavy atom. The van der Waals surface area contributed by atoms with Crippen LogP contribution in [0.25, 0.3) is 17.1 Å². The summed E-state index contributed by atoms with van der Waals surface area (Å²) in [6.07, 6.45) is 3.35. The Hall–Kier alpha value is -2.73. The maximum absolute atomic E-state index is 9.92. The highest BCUT2D eigenvalue weighted by Gasteiger charge is 2.19. The van der Waals surface area contributed by atoms with Gasteiger partial charge in [0.1, 0.15) is 5.82 Å². The van der Waals surface area contributed by atoms with E-state index in [1.807, 2.05) is 42.8 Å². The minimum atomic E-state index is -0.281.